The Morgan fingerprint density at radius 2 is 1.80 bits per heavy atom. The molecular weight excluding hydrogens is 246 g/mol. The Labute approximate surface area is 121 Å². The molecule has 0 N–H and O–H groups in total. The van der Waals surface area contributed by atoms with E-state index in [2.05, 4.69) is 54.5 Å². The molecule has 106 valence electrons. The maximum atomic E-state index is 5.88. The van der Waals surface area contributed by atoms with Crippen molar-refractivity contribution in [2.24, 2.45) is 0 Å². The highest BCUT2D eigenvalue weighted by molar-refractivity contribution is 5.82. The molecule has 2 aromatic rings. The van der Waals surface area contributed by atoms with Gasteiger partial charge < -0.3 is 0 Å². The van der Waals surface area contributed by atoms with E-state index in [-0.39, 0.29) is 0 Å². The van der Waals surface area contributed by atoms with Crippen molar-refractivity contribution in [3.63, 3.8) is 0 Å². The maximum Gasteiger partial charge on any atom is 0.0657 e. The van der Waals surface area contributed by atoms with Gasteiger partial charge in [0.15, 0.2) is 0 Å². The first-order chi connectivity index (χ1) is 9.86. The zero-order valence-electron chi connectivity index (χ0n) is 12.2. The normalized spacial score (nSPS) is 16.3. The Bertz CT molecular complexity index is 560. The SMILES string of the molecule is CCON(Cc1ccc2ccccc2c1)C1CCCC1. The first kappa shape index (κ1) is 13.6. The molecule has 3 rings (SSSR count). The monoisotopic (exact) mass is 269 g/mol. The van der Waals surface area contributed by atoms with E-state index in [1.54, 1.807) is 0 Å². The maximum absolute atomic E-state index is 5.88. The molecule has 0 saturated heterocycles. The van der Waals surface area contributed by atoms with Crippen LogP contribution in [0, 0.1) is 0 Å². The molecule has 0 atom stereocenters. The highest BCUT2D eigenvalue weighted by Gasteiger charge is 2.23. The van der Waals surface area contributed by atoms with Crippen molar-refractivity contribution < 1.29 is 4.84 Å². The van der Waals surface area contributed by atoms with Crippen molar-refractivity contribution in [1.82, 2.24) is 5.06 Å². The van der Waals surface area contributed by atoms with E-state index in [1.165, 1.54) is 42.0 Å². The van der Waals surface area contributed by atoms with E-state index in [4.69, 9.17) is 4.84 Å². The Kier molecular flexibility index (Phi) is 4.34. The van der Waals surface area contributed by atoms with Crippen molar-refractivity contribution in [2.45, 2.75) is 45.2 Å². The highest BCUT2D eigenvalue weighted by Crippen LogP contribution is 2.26. The zero-order chi connectivity index (χ0) is 13.8. The summed E-state index contributed by atoms with van der Waals surface area (Å²) in [5.41, 5.74) is 1.34. The Morgan fingerprint density at radius 3 is 2.55 bits per heavy atom. The standard InChI is InChI=1S/C18H23NO/c1-2-20-19(18-9-5-6-10-18)14-15-11-12-16-7-3-4-8-17(16)13-15/h3-4,7-8,11-13,18H,2,5-6,9-10,14H2,1H3. The van der Waals surface area contributed by atoms with Gasteiger partial charge in [-0.2, -0.15) is 5.06 Å². The largest absolute Gasteiger partial charge is 0.299 e. The number of hydrogen-bond donors (Lipinski definition) is 0. The van der Waals surface area contributed by atoms with E-state index in [9.17, 15) is 0 Å². The van der Waals surface area contributed by atoms with Gasteiger partial charge in [0.25, 0.3) is 0 Å². The van der Waals surface area contributed by atoms with E-state index in [0.29, 0.717) is 6.04 Å². The third-order valence-electron chi connectivity index (χ3n) is 4.18. The number of nitrogens with zero attached hydrogens (tertiary/aromatic N) is 1. The molecular formula is C18H23NO. The molecule has 0 unspecified atom stereocenters. The van der Waals surface area contributed by atoms with Crippen LogP contribution in [0.2, 0.25) is 0 Å². The van der Waals surface area contributed by atoms with Crippen molar-refractivity contribution in [3.05, 3.63) is 48.0 Å². The summed E-state index contributed by atoms with van der Waals surface area (Å²) in [5, 5.41) is 4.82. The van der Waals surface area contributed by atoms with Crippen LogP contribution in [0.25, 0.3) is 10.8 Å². The van der Waals surface area contributed by atoms with Crippen LogP contribution < -0.4 is 0 Å². The first-order valence-electron chi connectivity index (χ1n) is 7.74. The third kappa shape index (κ3) is 3.02. The number of hydrogen-bond acceptors (Lipinski definition) is 2. The van der Waals surface area contributed by atoms with Gasteiger partial charge in [-0.25, -0.2) is 0 Å². The molecule has 1 aliphatic carbocycles. The van der Waals surface area contributed by atoms with Gasteiger partial charge in [0, 0.05) is 12.6 Å². The molecule has 20 heavy (non-hydrogen) atoms. The van der Waals surface area contributed by atoms with Crippen molar-refractivity contribution in [2.75, 3.05) is 6.61 Å². The number of hydroxylamine groups is 2. The first-order valence-corrected chi connectivity index (χ1v) is 7.74. The quantitative estimate of drug-likeness (QED) is 0.739. The molecule has 0 heterocycles. The van der Waals surface area contributed by atoms with Gasteiger partial charge >= 0.3 is 0 Å². The van der Waals surface area contributed by atoms with Gasteiger partial charge in [0.1, 0.15) is 0 Å². The Morgan fingerprint density at radius 1 is 1.05 bits per heavy atom. The van der Waals surface area contributed by atoms with Crippen molar-refractivity contribution >= 4 is 10.8 Å². The molecule has 1 saturated carbocycles. The van der Waals surface area contributed by atoms with E-state index < -0.39 is 0 Å². The minimum atomic E-state index is 0.599. The summed E-state index contributed by atoms with van der Waals surface area (Å²) in [7, 11) is 0. The third-order valence-corrected chi connectivity index (χ3v) is 4.18. The minimum Gasteiger partial charge on any atom is -0.299 e. The summed E-state index contributed by atoms with van der Waals surface area (Å²) >= 11 is 0. The fourth-order valence-corrected chi connectivity index (χ4v) is 3.16. The smallest absolute Gasteiger partial charge is 0.0657 e. The lowest BCUT2D eigenvalue weighted by atomic mass is 10.1. The lowest BCUT2D eigenvalue weighted by Crippen LogP contribution is -2.32. The molecule has 2 heteroatoms. The van der Waals surface area contributed by atoms with Gasteiger partial charge in [0.05, 0.1) is 6.61 Å². The zero-order valence-corrected chi connectivity index (χ0v) is 12.2. The molecule has 1 aliphatic rings. The van der Waals surface area contributed by atoms with Crippen LogP contribution in [0.15, 0.2) is 42.5 Å². The summed E-state index contributed by atoms with van der Waals surface area (Å²) in [6.07, 6.45) is 5.22. The molecule has 2 aromatic carbocycles. The molecule has 0 radical (unpaired) electrons. The van der Waals surface area contributed by atoms with Crippen LogP contribution in [0.1, 0.15) is 38.2 Å². The van der Waals surface area contributed by atoms with Crippen LogP contribution >= 0.6 is 0 Å². The molecule has 1 fully saturated rings. The predicted molar refractivity (Wildman–Crippen MR) is 83.4 cm³/mol. The second-order valence-electron chi connectivity index (χ2n) is 5.61. The Hall–Kier alpha value is -1.38. The second-order valence-corrected chi connectivity index (χ2v) is 5.61. The second kappa shape index (κ2) is 6.38. The lowest BCUT2D eigenvalue weighted by molar-refractivity contribution is -0.188. The van der Waals surface area contributed by atoms with E-state index >= 15 is 0 Å². The topological polar surface area (TPSA) is 12.5 Å². The fraction of sp³-hybridized carbons (Fsp3) is 0.444. The van der Waals surface area contributed by atoms with Gasteiger partial charge in [0.2, 0.25) is 0 Å². The van der Waals surface area contributed by atoms with Crippen LogP contribution in [-0.2, 0) is 11.4 Å². The van der Waals surface area contributed by atoms with Crippen LogP contribution in [0.5, 0.6) is 0 Å². The number of fused-ring (bicyclic) bond motifs is 1. The summed E-state index contributed by atoms with van der Waals surface area (Å²) in [6.45, 7) is 3.72. The highest BCUT2D eigenvalue weighted by atomic mass is 16.7. The van der Waals surface area contributed by atoms with Crippen LogP contribution in [0.3, 0.4) is 0 Å². The fourth-order valence-electron chi connectivity index (χ4n) is 3.16. The van der Waals surface area contributed by atoms with E-state index in [0.717, 1.165) is 13.2 Å². The summed E-state index contributed by atoms with van der Waals surface area (Å²) in [5.74, 6) is 0. The average Bonchev–Trinajstić information content (AvgIpc) is 3.01. The Balaban J connectivity index is 1.78. The van der Waals surface area contributed by atoms with Crippen LogP contribution in [0.4, 0.5) is 0 Å². The van der Waals surface area contributed by atoms with Crippen molar-refractivity contribution in [3.8, 4) is 0 Å². The van der Waals surface area contributed by atoms with Gasteiger partial charge in [-0.1, -0.05) is 49.2 Å². The van der Waals surface area contributed by atoms with Crippen LogP contribution in [-0.4, -0.2) is 17.7 Å². The molecule has 2 nitrogen and oxygen atoms in total. The minimum absolute atomic E-state index is 0.599. The molecule has 0 bridgehead atoms. The lowest BCUT2D eigenvalue weighted by Gasteiger charge is -2.27. The van der Waals surface area contributed by atoms with Gasteiger partial charge in [-0.05, 0) is 42.2 Å². The molecule has 0 aliphatic heterocycles. The summed E-state index contributed by atoms with van der Waals surface area (Å²) < 4.78 is 0. The molecule has 0 aromatic heterocycles. The predicted octanol–water partition coefficient (Wildman–Crippen LogP) is 4.54. The van der Waals surface area contributed by atoms with Crippen molar-refractivity contribution in [1.29, 1.82) is 0 Å². The van der Waals surface area contributed by atoms with Gasteiger partial charge in [-0.15, -0.1) is 0 Å². The number of rotatable bonds is 5. The average molecular weight is 269 g/mol. The van der Waals surface area contributed by atoms with Gasteiger partial charge in [-0.3, -0.25) is 4.84 Å². The molecule has 0 amide bonds. The summed E-state index contributed by atoms with van der Waals surface area (Å²) in [4.78, 5) is 5.88. The van der Waals surface area contributed by atoms with E-state index in [1.807, 2.05) is 0 Å². The number of benzene rings is 2. The summed E-state index contributed by atoms with van der Waals surface area (Å²) in [6, 6.07) is 15.9. The molecule has 0 spiro atoms.